The van der Waals surface area contributed by atoms with Gasteiger partial charge in [-0.25, -0.2) is 0 Å². The van der Waals surface area contributed by atoms with Crippen LogP contribution in [0.25, 0.3) is 11.4 Å². The van der Waals surface area contributed by atoms with E-state index < -0.39 is 0 Å². The summed E-state index contributed by atoms with van der Waals surface area (Å²) in [5, 5.41) is 3.70. The minimum absolute atomic E-state index is 0.647. The van der Waals surface area contributed by atoms with Crippen LogP contribution < -0.4 is 4.84 Å². The summed E-state index contributed by atoms with van der Waals surface area (Å²) in [6, 6.07) is 9.23. The molecule has 0 fully saturated rings. The predicted molar refractivity (Wildman–Crippen MR) is 62.3 cm³/mol. The van der Waals surface area contributed by atoms with Gasteiger partial charge in [-0.2, -0.15) is 0 Å². The highest BCUT2D eigenvalue weighted by atomic mass is 16.6. The van der Waals surface area contributed by atoms with Gasteiger partial charge in [0.05, 0.1) is 11.4 Å². The number of hydrogen-bond acceptors (Lipinski definition) is 4. The first-order valence-corrected chi connectivity index (χ1v) is 4.92. The van der Waals surface area contributed by atoms with Crippen molar-refractivity contribution < 1.29 is 4.84 Å². The van der Waals surface area contributed by atoms with E-state index in [1.165, 1.54) is 0 Å². The smallest absolute Gasteiger partial charge is 0.161 e. The average Bonchev–Trinajstić information content (AvgIpc) is 2.38. The SMILES string of the molecule is C/C=N/Oc1ccnc(-c2ccccn2)c1. The fraction of sp³-hybridized carbons (Fsp3) is 0.0833. The van der Waals surface area contributed by atoms with Gasteiger partial charge in [-0.15, -0.1) is 0 Å². The van der Waals surface area contributed by atoms with Crippen molar-refractivity contribution in [3.63, 3.8) is 0 Å². The highest BCUT2D eigenvalue weighted by molar-refractivity contribution is 5.56. The normalized spacial score (nSPS) is 10.6. The molecule has 0 aliphatic rings. The molecule has 2 heterocycles. The lowest BCUT2D eigenvalue weighted by Gasteiger charge is -2.01. The molecule has 16 heavy (non-hydrogen) atoms. The van der Waals surface area contributed by atoms with Gasteiger partial charge < -0.3 is 4.84 Å². The van der Waals surface area contributed by atoms with E-state index in [0.717, 1.165) is 11.4 Å². The van der Waals surface area contributed by atoms with Crippen LogP contribution in [-0.4, -0.2) is 16.2 Å². The zero-order chi connectivity index (χ0) is 11.2. The van der Waals surface area contributed by atoms with Gasteiger partial charge in [0.25, 0.3) is 0 Å². The van der Waals surface area contributed by atoms with E-state index in [0.29, 0.717) is 5.75 Å². The standard InChI is InChI=1S/C12H11N3O/c1-2-15-16-10-6-8-14-12(9-10)11-5-3-4-7-13-11/h2-9H,1H3/b15-2+. The second kappa shape index (κ2) is 5.02. The molecule has 4 heteroatoms. The van der Waals surface area contributed by atoms with Crippen molar-refractivity contribution in [2.24, 2.45) is 5.16 Å². The lowest BCUT2D eigenvalue weighted by atomic mass is 10.2. The highest BCUT2D eigenvalue weighted by Crippen LogP contribution is 2.19. The number of rotatable bonds is 3. The van der Waals surface area contributed by atoms with Gasteiger partial charge in [0.1, 0.15) is 0 Å². The fourth-order valence-electron chi connectivity index (χ4n) is 1.24. The summed E-state index contributed by atoms with van der Waals surface area (Å²) in [5.74, 6) is 0.647. The molecule has 0 spiro atoms. The molecule has 2 aromatic rings. The van der Waals surface area contributed by atoms with Crippen molar-refractivity contribution in [1.29, 1.82) is 0 Å². The molecule has 0 saturated heterocycles. The van der Waals surface area contributed by atoms with Crippen LogP contribution in [0.4, 0.5) is 0 Å². The summed E-state index contributed by atoms with van der Waals surface area (Å²) in [6.45, 7) is 1.79. The van der Waals surface area contributed by atoms with E-state index in [-0.39, 0.29) is 0 Å². The maximum absolute atomic E-state index is 5.12. The van der Waals surface area contributed by atoms with Crippen molar-refractivity contribution in [2.75, 3.05) is 0 Å². The first-order chi connectivity index (χ1) is 7.90. The minimum atomic E-state index is 0.647. The van der Waals surface area contributed by atoms with Crippen LogP contribution in [0.2, 0.25) is 0 Å². The molecule has 0 N–H and O–H groups in total. The van der Waals surface area contributed by atoms with Gasteiger partial charge in [-0.1, -0.05) is 11.2 Å². The summed E-state index contributed by atoms with van der Waals surface area (Å²) >= 11 is 0. The molecular weight excluding hydrogens is 202 g/mol. The van der Waals surface area contributed by atoms with Crippen LogP contribution in [0.15, 0.2) is 47.9 Å². The Labute approximate surface area is 93.6 Å². The Morgan fingerprint density at radius 2 is 2.00 bits per heavy atom. The Bertz CT molecular complexity index is 483. The number of hydrogen-bond donors (Lipinski definition) is 0. The van der Waals surface area contributed by atoms with Crippen molar-refractivity contribution in [3.05, 3.63) is 42.7 Å². The number of nitrogens with zero attached hydrogens (tertiary/aromatic N) is 3. The van der Waals surface area contributed by atoms with Crippen LogP contribution in [0, 0.1) is 0 Å². The highest BCUT2D eigenvalue weighted by Gasteiger charge is 2.01. The second-order valence-corrected chi connectivity index (χ2v) is 3.05. The van der Waals surface area contributed by atoms with E-state index in [9.17, 15) is 0 Å². The van der Waals surface area contributed by atoms with Crippen LogP contribution in [0.1, 0.15) is 6.92 Å². The number of pyridine rings is 2. The Hall–Kier alpha value is -2.23. The topological polar surface area (TPSA) is 47.4 Å². The zero-order valence-corrected chi connectivity index (χ0v) is 8.87. The quantitative estimate of drug-likeness (QED) is 0.581. The molecule has 0 atom stereocenters. The van der Waals surface area contributed by atoms with Gasteiger partial charge in [0.2, 0.25) is 0 Å². The van der Waals surface area contributed by atoms with Gasteiger partial charge in [0.15, 0.2) is 5.75 Å². The minimum Gasteiger partial charge on any atom is -0.357 e. The summed E-state index contributed by atoms with van der Waals surface area (Å²) in [7, 11) is 0. The molecule has 0 amide bonds. The molecule has 0 aliphatic carbocycles. The molecule has 0 aliphatic heterocycles. The van der Waals surface area contributed by atoms with Gasteiger partial charge in [-0.05, 0) is 19.1 Å². The first-order valence-electron chi connectivity index (χ1n) is 4.92. The maximum Gasteiger partial charge on any atom is 0.161 e. The Kier molecular flexibility index (Phi) is 3.23. The molecule has 2 aromatic heterocycles. The Morgan fingerprint density at radius 1 is 1.12 bits per heavy atom. The Balaban J connectivity index is 2.29. The monoisotopic (exact) mass is 213 g/mol. The van der Waals surface area contributed by atoms with Crippen molar-refractivity contribution >= 4 is 6.21 Å². The van der Waals surface area contributed by atoms with Gasteiger partial charge >= 0.3 is 0 Å². The lowest BCUT2D eigenvalue weighted by Crippen LogP contribution is -1.88. The van der Waals surface area contributed by atoms with Crippen LogP contribution >= 0.6 is 0 Å². The predicted octanol–water partition coefficient (Wildman–Crippen LogP) is 2.53. The van der Waals surface area contributed by atoms with E-state index in [2.05, 4.69) is 15.1 Å². The molecular formula is C12H11N3O. The van der Waals surface area contributed by atoms with E-state index in [1.54, 1.807) is 37.7 Å². The van der Waals surface area contributed by atoms with Crippen molar-refractivity contribution in [3.8, 4) is 17.1 Å². The maximum atomic E-state index is 5.12. The molecule has 0 aromatic carbocycles. The molecule has 4 nitrogen and oxygen atoms in total. The fourth-order valence-corrected chi connectivity index (χ4v) is 1.24. The third-order valence-electron chi connectivity index (χ3n) is 1.92. The lowest BCUT2D eigenvalue weighted by molar-refractivity contribution is 0.343. The second-order valence-electron chi connectivity index (χ2n) is 3.05. The van der Waals surface area contributed by atoms with Gasteiger partial charge in [0, 0.05) is 30.7 Å². The molecule has 0 radical (unpaired) electrons. The summed E-state index contributed by atoms with van der Waals surface area (Å²) in [5.41, 5.74) is 1.58. The van der Waals surface area contributed by atoms with Crippen LogP contribution in [0.5, 0.6) is 5.75 Å². The molecule has 80 valence electrons. The average molecular weight is 213 g/mol. The first kappa shape index (κ1) is 10.3. The molecule has 0 saturated carbocycles. The largest absolute Gasteiger partial charge is 0.357 e. The van der Waals surface area contributed by atoms with Crippen molar-refractivity contribution in [2.45, 2.75) is 6.92 Å². The molecule has 0 bridgehead atoms. The zero-order valence-electron chi connectivity index (χ0n) is 8.87. The molecule has 0 unspecified atom stereocenters. The summed E-state index contributed by atoms with van der Waals surface area (Å²) in [4.78, 5) is 13.6. The van der Waals surface area contributed by atoms with E-state index >= 15 is 0 Å². The number of oxime groups is 1. The molecule has 2 rings (SSSR count). The third-order valence-corrected chi connectivity index (χ3v) is 1.92. The summed E-state index contributed by atoms with van der Waals surface area (Å²) < 4.78 is 0. The van der Waals surface area contributed by atoms with E-state index in [1.807, 2.05) is 18.2 Å². The Morgan fingerprint density at radius 3 is 2.75 bits per heavy atom. The third kappa shape index (κ3) is 2.42. The van der Waals surface area contributed by atoms with Crippen molar-refractivity contribution in [1.82, 2.24) is 9.97 Å². The van der Waals surface area contributed by atoms with E-state index in [4.69, 9.17) is 4.84 Å². The van der Waals surface area contributed by atoms with Crippen LogP contribution in [0.3, 0.4) is 0 Å². The summed E-state index contributed by atoms with van der Waals surface area (Å²) in [6.07, 6.45) is 4.99. The van der Waals surface area contributed by atoms with Gasteiger partial charge in [-0.3, -0.25) is 9.97 Å². The van der Waals surface area contributed by atoms with Crippen LogP contribution in [-0.2, 0) is 0 Å². The number of aromatic nitrogens is 2.